The van der Waals surface area contributed by atoms with Gasteiger partial charge in [0, 0.05) is 0 Å². The lowest BCUT2D eigenvalue weighted by atomic mass is 9.92. The number of halogens is 3. The second kappa shape index (κ2) is 5.59. The Bertz CT molecular complexity index is 294. The van der Waals surface area contributed by atoms with Crippen LogP contribution >= 0.6 is 0 Å². The first kappa shape index (κ1) is 11.8. The first-order valence-electron chi connectivity index (χ1n) is 4.68. The van der Waals surface area contributed by atoms with Crippen molar-refractivity contribution in [2.24, 2.45) is 5.41 Å². The Hall–Kier alpha value is -1.25. The zero-order valence-electron chi connectivity index (χ0n) is 8.30. The molecule has 82 valence electrons. The minimum absolute atomic E-state index is 0.803. The predicted molar refractivity (Wildman–Crippen MR) is 55.8 cm³/mol. The van der Waals surface area contributed by atoms with Gasteiger partial charge in [-0.1, -0.05) is 42.5 Å². The molecule has 0 aliphatic carbocycles. The largest absolute Gasteiger partial charge is 0.250 e. The van der Waals surface area contributed by atoms with Crippen LogP contribution in [-0.4, -0.2) is 20.0 Å². The van der Waals surface area contributed by atoms with E-state index in [4.69, 9.17) is 0 Å². The Kier molecular flexibility index (Phi) is 4.40. The lowest BCUT2D eigenvalue weighted by Gasteiger charge is -2.19. The molecule has 0 amide bonds. The van der Waals surface area contributed by atoms with Gasteiger partial charge < -0.3 is 0 Å². The molecule has 0 heterocycles. The monoisotopic (exact) mass is 214 g/mol. The highest BCUT2D eigenvalue weighted by Crippen LogP contribution is 2.23. The van der Waals surface area contributed by atoms with Crippen LogP contribution in [0, 0.1) is 5.41 Å². The molecule has 0 fully saturated rings. The van der Waals surface area contributed by atoms with Crippen LogP contribution < -0.4 is 0 Å². The van der Waals surface area contributed by atoms with E-state index in [0.717, 1.165) is 5.56 Å². The van der Waals surface area contributed by atoms with Gasteiger partial charge in [0.05, 0.1) is 5.41 Å². The first-order chi connectivity index (χ1) is 7.26. The summed E-state index contributed by atoms with van der Waals surface area (Å²) in [5.74, 6) is 0. The highest BCUT2D eigenvalue weighted by atomic mass is 19.1. The quantitative estimate of drug-likeness (QED) is 0.702. The number of allylic oxidation sites excluding steroid dienone is 1. The number of hydrogen-bond donors (Lipinski definition) is 0. The summed E-state index contributed by atoms with van der Waals surface area (Å²) in [6.45, 7) is -3.07. The van der Waals surface area contributed by atoms with Gasteiger partial charge in [-0.3, -0.25) is 0 Å². The SMILES string of the molecule is FCC(/C=C/c1ccccc1)(CF)CF. The van der Waals surface area contributed by atoms with Gasteiger partial charge in [0.1, 0.15) is 20.0 Å². The summed E-state index contributed by atoms with van der Waals surface area (Å²) in [5.41, 5.74) is -0.798. The summed E-state index contributed by atoms with van der Waals surface area (Å²) in [6, 6.07) is 9.03. The van der Waals surface area contributed by atoms with Gasteiger partial charge >= 0.3 is 0 Å². The first-order valence-corrected chi connectivity index (χ1v) is 4.68. The predicted octanol–water partition coefficient (Wildman–Crippen LogP) is 3.59. The van der Waals surface area contributed by atoms with Crippen molar-refractivity contribution in [2.75, 3.05) is 20.0 Å². The van der Waals surface area contributed by atoms with Crippen molar-refractivity contribution in [1.82, 2.24) is 0 Å². The van der Waals surface area contributed by atoms with Crippen molar-refractivity contribution in [1.29, 1.82) is 0 Å². The van der Waals surface area contributed by atoms with E-state index >= 15 is 0 Å². The molecular formula is C12H13F3. The van der Waals surface area contributed by atoms with Crippen molar-refractivity contribution >= 4 is 6.08 Å². The summed E-state index contributed by atoms with van der Waals surface area (Å²) >= 11 is 0. The molecule has 0 saturated heterocycles. The van der Waals surface area contributed by atoms with E-state index in [9.17, 15) is 13.2 Å². The molecule has 0 aliphatic rings. The third kappa shape index (κ3) is 3.11. The van der Waals surface area contributed by atoms with Crippen LogP contribution in [0.15, 0.2) is 36.4 Å². The average molecular weight is 214 g/mol. The number of alkyl halides is 3. The Morgan fingerprint density at radius 2 is 1.47 bits per heavy atom. The Balaban J connectivity index is 2.79. The number of rotatable bonds is 5. The highest BCUT2D eigenvalue weighted by Gasteiger charge is 2.27. The van der Waals surface area contributed by atoms with Gasteiger partial charge in [0.15, 0.2) is 0 Å². The average Bonchev–Trinajstić information content (AvgIpc) is 2.33. The van der Waals surface area contributed by atoms with Gasteiger partial charge in [0.2, 0.25) is 0 Å². The van der Waals surface area contributed by atoms with Crippen LogP contribution in [0.3, 0.4) is 0 Å². The van der Waals surface area contributed by atoms with E-state index < -0.39 is 25.4 Å². The van der Waals surface area contributed by atoms with Gasteiger partial charge in [-0.25, -0.2) is 13.2 Å². The van der Waals surface area contributed by atoms with Crippen LogP contribution in [0.5, 0.6) is 0 Å². The molecule has 0 aliphatic heterocycles. The minimum atomic E-state index is -1.60. The normalized spacial score (nSPS) is 12.2. The molecule has 0 N–H and O–H groups in total. The van der Waals surface area contributed by atoms with Crippen molar-refractivity contribution < 1.29 is 13.2 Å². The fourth-order valence-electron chi connectivity index (χ4n) is 1.08. The maximum absolute atomic E-state index is 12.5. The molecular weight excluding hydrogens is 201 g/mol. The molecule has 0 aromatic heterocycles. The van der Waals surface area contributed by atoms with Crippen LogP contribution in [0.1, 0.15) is 5.56 Å². The lowest BCUT2D eigenvalue weighted by Crippen LogP contribution is -2.25. The van der Waals surface area contributed by atoms with E-state index in [-0.39, 0.29) is 0 Å². The van der Waals surface area contributed by atoms with E-state index in [1.165, 1.54) is 6.08 Å². The lowest BCUT2D eigenvalue weighted by molar-refractivity contribution is 0.164. The molecule has 1 rings (SSSR count). The van der Waals surface area contributed by atoms with Crippen molar-refractivity contribution in [3.63, 3.8) is 0 Å². The third-order valence-electron chi connectivity index (χ3n) is 2.23. The summed E-state index contributed by atoms with van der Waals surface area (Å²) in [5, 5.41) is 0. The standard InChI is InChI=1S/C12H13F3/c13-8-12(9-14,10-15)7-6-11-4-2-1-3-5-11/h1-7H,8-10H2/b7-6+. The van der Waals surface area contributed by atoms with Gasteiger partial charge in [-0.05, 0) is 5.56 Å². The summed E-state index contributed by atoms with van der Waals surface area (Å²) in [6.07, 6.45) is 2.81. The smallest absolute Gasteiger partial charge is 0.104 e. The summed E-state index contributed by atoms with van der Waals surface area (Å²) in [7, 11) is 0. The number of benzene rings is 1. The van der Waals surface area contributed by atoms with E-state index in [0.29, 0.717) is 0 Å². The molecule has 15 heavy (non-hydrogen) atoms. The second-order valence-corrected chi connectivity index (χ2v) is 3.51. The molecule has 1 aromatic carbocycles. The molecule has 0 spiro atoms. The van der Waals surface area contributed by atoms with E-state index in [2.05, 4.69) is 0 Å². The molecule has 1 aromatic rings. The molecule has 0 unspecified atom stereocenters. The van der Waals surface area contributed by atoms with Gasteiger partial charge in [0.25, 0.3) is 0 Å². The molecule has 0 bridgehead atoms. The van der Waals surface area contributed by atoms with Gasteiger partial charge in [-0.15, -0.1) is 0 Å². The third-order valence-corrected chi connectivity index (χ3v) is 2.23. The van der Waals surface area contributed by atoms with Crippen LogP contribution in [0.25, 0.3) is 6.08 Å². The second-order valence-electron chi connectivity index (χ2n) is 3.51. The van der Waals surface area contributed by atoms with Crippen LogP contribution in [0.2, 0.25) is 0 Å². The fraction of sp³-hybridized carbons (Fsp3) is 0.333. The topological polar surface area (TPSA) is 0 Å². The molecule has 0 saturated carbocycles. The van der Waals surface area contributed by atoms with Crippen molar-refractivity contribution in [3.8, 4) is 0 Å². The maximum atomic E-state index is 12.5. The Labute approximate surface area is 87.4 Å². The van der Waals surface area contributed by atoms with Crippen molar-refractivity contribution in [2.45, 2.75) is 0 Å². The summed E-state index contributed by atoms with van der Waals surface area (Å²) in [4.78, 5) is 0. The van der Waals surface area contributed by atoms with Crippen LogP contribution in [-0.2, 0) is 0 Å². The molecule has 3 heteroatoms. The summed E-state index contributed by atoms with van der Waals surface area (Å²) < 4.78 is 37.5. The Morgan fingerprint density at radius 1 is 0.933 bits per heavy atom. The van der Waals surface area contributed by atoms with Gasteiger partial charge in [-0.2, -0.15) is 0 Å². The zero-order chi connectivity index (χ0) is 11.1. The maximum Gasteiger partial charge on any atom is 0.104 e. The van der Waals surface area contributed by atoms with Crippen LogP contribution in [0.4, 0.5) is 13.2 Å². The van der Waals surface area contributed by atoms with E-state index in [1.54, 1.807) is 18.2 Å². The Morgan fingerprint density at radius 3 is 1.93 bits per heavy atom. The highest BCUT2D eigenvalue weighted by molar-refractivity contribution is 5.49. The van der Waals surface area contributed by atoms with Crippen molar-refractivity contribution in [3.05, 3.63) is 42.0 Å². The molecule has 0 atom stereocenters. The minimum Gasteiger partial charge on any atom is -0.250 e. The molecule has 0 radical (unpaired) electrons. The zero-order valence-corrected chi connectivity index (χ0v) is 8.30. The molecule has 0 nitrogen and oxygen atoms in total. The van der Waals surface area contributed by atoms with E-state index in [1.807, 2.05) is 18.2 Å². The number of hydrogen-bond acceptors (Lipinski definition) is 0. The fourth-order valence-corrected chi connectivity index (χ4v) is 1.08.